The molecule has 0 unspecified atom stereocenters. The Balaban J connectivity index is 0.000000196. The summed E-state index contributed by atoms with van der Waals surface area (Å²) < 4.78 is 90.9. The van der Waals surface area contributed by atoms with Crippen LogP contribution in [0.2, 0.25) is 0 Å². The summed E-state index contributed by atoms with van der Waals surface area (Å²) in [6, 6.07) is -0.0463. The molecule has 14 rings (SSSR count). The quantitative estimate of drug-likeness (QED) is 0.0474. The molecule has 3 N–H and O–H groups in total. The van der Waals surface area contributed by atoms with E-state index in [0.29, 0.717) is 129 Å². The molecular weight excluding hydrogens is 1490 g/mol. The first-order valence-corrected chi connectivity index (χ1v) is 47.9. The van der Waals surface area contributed by atoms with Gasteiger partial charge in [0.05, 0.1) is 28.4 Å². The molecule has 20 atom stereocenters. The van der Waals surface area contributed by atoms with E-state index in [-0.39, 0.29) is 84.4 Å². The zero-order valence-corrected chi connectivity index (χ0v) is 74.0. The van der Waals surface area contributed by atoms with Crippen molar-refractivity contribution in [1.29, 1.82) is 0 Å². The van der Waals surface area contributed by atoms with Gasteiger partial charge in [-0.25, -0.2) is 25.6 Å². The minimum atomic E-state index is -2.88. The smallest absolute Gasteiger partial charge is 0.317 e. The number of nitrogens with zero attached hydrogens (tertiary/aromatic N) is 2. The molecule has 0 aromatic heterocycles. The van der Waals surface area contributed by atoms with Crippen LogP contribution < -0.4 is 10.6 Å². The van der Waals surface area contributed by atoms with E-state index in [4.69, 9.17) is 21.1 Å². The lowest BCUT2D eigenvalue weighted by Crippen LogP contribution is -2.68. The number of aliphatic carboxylic acids is 1. The molecule has 0 spiro atoms. The molecule has 2 heterocycles. The zero-order chi connectivity index (χ0) is 82.3. The van der Waals surface area contributed by atoms with Crippen molar-refractivity contribution in [2.45, 2.75) is 262 Å². The largest absolute Gasteiger partial charge is 0.481 e. The standard InChI is InChI=1S/C46H71FN2O6S.C43H67FN2O4S.C3H5ClO2/c1-31(2)34-13-20-46(48-23-24-49-25-27-56(52,53)28-26-49)22-21-43(7)36(39(34)46)9-10-38-42(6)16-14-35(41(4,5)37(42)15-17-44(38,43)8)33-11-18-45(29-47,19-12-33)40(51)55-30-54-32(3)50;1-29(2)31-12-19-43(45-22-23-46-24-26-51(49,50)27-25-46)21-20-40(6)33(36(31)43)8-9-35-39(5)15-13-32(38(3,4)34(39)14-16-41(35,40)7)30-10-17-42(28-44,18-11-30)37(47)48;1-3(5)6-2-4/h11,14,34,36-39,48H,1,9-10,12-13,15-30H2,2-8H3;10,13,31,33-36,45H,1,8-9,11-12,14-28H2,2-7H3,(H,47,48);2H2,1H3/t34-,36+,37-,38+,39+,42-,43+,44+,45+,46-;31-,33+,34-,35+,36+,39-,40+,41+,42+,43-;/m00./s1. The Bertz CT molecular complexity index is 3980. The van der Waals surface area contributed by atoms with Gasteiger partial charge >= 0.3 is 23.9 Å². The number of rotatable bonds is 19. The molecule has 8 saturated carbocycles. The van der Waals surface area contributed by atoms with Crippen molar-refractivity contribution in [1.82, 2.24) is 20.4 Å². The maximum atomic E-state index is 14.5. The van der Waals surface area contributed by atoms with Crippen molar-refractivity contribution in [3.8, 4) is 0 Å². The van der Waals surface area contributed by atoms with Crippen LogP contribution in [0.5, 0.6) is 0 Å². The van der Waals surface area contributed by atoms with Crippen LogP contribution in [-0.4, -0.2) is 168 Å². The highest BCUT2D eigenvalue weighted by Crippen LogP contribution is 2.79. The number of nitrogens with one attached hydrogen (secondary N) is 2. The van der Waals surface area contributed by atoms with E-state index in [0.717, 1.165) is 39.0 Å². The number of ether oxygens (including phenoxy) is 3. The molecule has 113 heavy (non-hydrogen) atoms. The average molecular weight is 1630 g/mol. The number of carboxylic acids is 1. The van der Waals surface area contributed by atoms with E-state index in [9.17, 15) is 49.9 Å². The van der Waals surface area contributed by atoms with Crippen LogP contribution in [0.4, 0.5) is 8.78 Å². The van der Waals surface area contributed by atoms with E-state index >= 15 is 0 Å². The number of halogens is 3. The van der Waals surface area contributed by atoms with Crippen LogP contribution in [0.1, 0.15) is 251 Å². The van der Waals surface area contributed by atoms with E-state index in [1.807, 2.05) is 0 Å². The maximum absolute atomic E-state index is 14.5. The third-order valence-corrected chi connectivity index (χ3v) is 39.3. The molecule has 2 aliphatic heterocycles. The van der Waals surface area contributed by atoms with E-state index < -0.39 is 68.6 Å². The fourth-order valence-corrected chi connectivity index (χ4v) is 32.2. The van der Waals surface area contributed by atoms with Gasteiger partial charge in [0.1, 0.15) is 18.8 Å². The third-order valence-electron chi connectivity index (χ3n) is 36.0. The van der Waals surface area contributed by atoms with Gasteiger partial charge in [0, 0.05) is 77.3 Å². The van der Waals surface area contributed by atoms with Crippen LogP contribution in [0, 0.1) is 113 Å². The molecule has 2 saturated heterocycles. The van der Waals surface area contributed by atoms with Gasteiger partial charge in [0.25, 0.3) is 0 Å². The number of alkyl halides is 3. The number of hydrogen-bond acceptors (Lipinski definition) is 15. The number of carbonyl (C=O) groups is 4. The predicted octanol–water partition coefficient (Wildman–Crippen LogP) is 17.5. The SMILES string of the molecule is C=C(C)[C@@H]1CC[C@]2(NCCN3CCS(=O)(=O)CC3)CC[C@]3(C)[C@H](CC[C@@H]4[C@@]5(C)CC=C(C6=CC[C@@](CF)(C(=O)O)CC6)C(C)(C)[C@@H]5CC[C@]43C)[C@@H]12.C=C(C)[C@@H]1CC[C@]2(NCCN3CCS(=O)(=O)CC3)CC[C@]3(C)[C@H](CC[C@@H]4[C@@]5(C)CC=C(C6=CC[C@@](CF)(C(=O)OCOC(C)=O)CC6)C(C)(C)[C@@H]5CC[C@]43C)[C@@H]12.CC(=O)OCCl. The van der Waals surface area contributed by atoms with Crippen LogP contribution in [-0.2, 0) is 53.1 Å². The number of carbonyl (C=O) groups excluding carboxylic acids is 3. The topological polar surface area (TPSA) is 215 Å². The lowest BCUT2D eigenvalue weighted by molar-refractivity contribution is -0.221. The number of allylic oxidation sites excluding steroid dienone is 10. The number of fused-ring (bicyclic) bond motifs is 14. The Morgan fingerprint density at radius 3 is 1.23 bits per heavy atom. The van der Waals surface area contributed by atoms with Crippen LogP contribution in [0.15, 0.2) is 70.9 Å². The molecule has 0 aromatic carbocycles. The fourth-order valence-electron chi connectivity index (χ4n) is 29.5. The number of carboxylic acid groups (broad SMARTS) is 1. The summed E-state index contributed by atoms with van der Waals surface area (Å²) in [5.41, 5.74) is 7.06. The number of hydrogen-bond donors (Lipinski definition) is 3. The van der Waals surface area contributed by atoms with Crippen LogP contribution in [0.25, 0.3) is 0 Å². The molecular formula is C92H143ClF2N4O12S2. The monoisotopic (exact) mass is 1630 g/mol. The van der Waals surface area contributed by atoms with E-state index in [1.54, 1.807) is 0 Å². The molecule has 12 aliphatic carbocycles. The first kappa shape index (κ1) is 88.5. The maximum Gasteiger partial charge on any atom is 0.317 e. The summed E-state index contributed by atoms with van der Waals surface area (Å²) in [4.78, 5) is 50.6. The van der Waals surface area contributed by atoms with Crippen molar-refractivity contribution in [3.05, 3.63) is 70.9 Å². The average Bonchev–Trinajstić information content (AvgIpc) is 1.60. The molecule has 21 heteroatoms. The van der Waals surface area contributed by atoms with Gasteiger partial charge in [-0.15, -0.1) is 0 Å². The summed E-state index contributed by atoms with van der Waals surface area (Å²) in [6.07, 6.45) is 33.8. The Morgan fingerprint density at radius 2 is 0.894 bits per heavy atom. The summed E-state index contributed by atoms with van der Waals surface area (Å²) in [5.74, 6) is 4.54. The minimum absolute atomic E-state index is 0.0163. The van der Waals surface area contributed by atoms with Gasteiger partial charge in [-0.05, 0) is 293 Å². The molecule has 636 valence electrons. The van der Waals surface area contributed by atoms with Gasteiger partial charge < -0.3 is 39.8 Å². The summed E-state index contributed by atoms with van der Waals surface area (Å²) in [7, 11) is -5.75. The molecule has 0 aromatic rings. The Kier molecular flexibility index (Phi) is 25.6. The Hall–Kier alpha value is -3.79. The van der Waals surface area contributed by atoms with Gasteiger partial charge in [-0.1, -0.05) is 129 Å². The first-order chi connectivity index (χ1) is 52.9. The molecule has 0 radical (unpaired) electrons. The lowest BCUT2D eigenvalue weighted by atomic mass is 9.33. The van der Waals surface area contributed by atoms with Gasteiger partial charge in [0.2, 0.25) is 6.79 Å². The normalized spacial score (nSPS) is 42.4. The van der Waals surface area contributed by atoms with E-state index in [2.05, 4.69) is 146 Å². The zero-order valence-electron chi connectivity index (χ0n) is 71.6. The molecule has 0 bridgehead atoms. The highest BCUT2D eigenvalue weighted by atomic mass is 35.5. The second-order valence-electron chi connectivity index (χ2n) is 41.5. The summed E-state index contributed by atoms with van der Waals surface area (Å²) >= 11 is 4.95. The highest BCUT2D eigenvalue weighted by Gasteiger charge is 2.73. The van der Waals surface area contributed by atoms with Gasteiger partial charge in [-0.3, -0.25) is 19.2 Å². The van der Waals surface area contributed by atoms with E-state index in [1.165, 1.54) is 150 Å². The second-order valence-corrected chi connectivity index (χ2v) is 46.4. The highest BCUT2D eigenvalue weighted by molar-refractivity contribution is 7.91. The van der Waals surface area contributed by atoms with Crippen molar-refractivity contribution >= 4 is 55.2 Å². The molecule has 0 amide bonds. The van der Waals surface area contributed by atoms with Crippen LogP contribution in [0.3, 0.4) is 0 Å². The fraction of sp³-hybridized carbons (Fsp3) is 0.826. The van der Waals surface area contributed by atoms with Crippen molar-refractivity contribution in [3.63, 3.8) is 0 Å². The summed E-state index contributed by atoms with van der Waals surface area (Å²) in [5, 5.41) is 18.2. The number of sulfone groups is 2. The minimum Gasteiger partial charge on any atom is -0.481 e. The second kappa shape index (κ2) is 32.6. The molecule has 16 nitrogen and oxygen atoms in total. The Labute approximate surface area is 683 Å². The number of esters is 3. The van der Waals surface area contributed by atoms with Gasteiger partial charge in [0.15, 0.2) is 25.7 Å². The third kappa shape index (κ3) is 15.7. The Morgan fingerprint density at radius 1 is 0.496 bits per heavy atom. The van der Waals surface area contributed by atoms with Crippen molar-refractivity contribution in [2.75, 3.05) is 102 Å². The first-order valence-electron chi connectivity index (χ1n) is 43.7. The summed E-state index contributed by atoms with van der Waals surface area (Å²) in [6.45, 7) is 46.3. The molecule has 10 fully saturated rings. The predicted molar refractivity (Wildman–Crippen MR) is 445 cm³/mol. The van der Waals surface area contributed by atoms with Gasteiger partial charge in [-0.2, -0.15) is 0 Å². The van der Waals surface area contributed by atoms with Crippen molar-refractivity contribution in [2.24, 2.45) is 113 Å². The van der Waals surface area contributed by atoms with Crippen molar-refractivity contribution < 1.29 is 64.1 Å². The lowest BCUT2D eigenvalue weighted by Gasteiger charge is -2.72. The van der Waals surface area contributed by atoms with Crippen LogP contribution >= 0.6 is 11.6 Å². The molecule has 14 aliphatic rings.